The number of hydrogen-bond donors (Lipinski definition) is 1. The van der Waals surface area contributed by atoms with Gasteiger partial charge in [-0.05, 0) is 32.6 Å². The Labute approximate surface area is 127 Å². The van der Waals surface area contributed by atoms with Crippen LogP contribution in [0.2, 0.25) is 0 Å². The highest BCUT2D eigenvalue weighted by Crippen LogP contribution is 2.30. The SMILES string of the molecule is CC(C)N(CC1CC1)C(=O)NC1CN(S(=O)(=O)N(C)C)C1. The van der Waals surface area contributed by atoms with E-state index in [9.17, 15) is 13.2 Å². The third-order valence-corrected chi connectivity index (χ3v) is 5.87. The topological polar surface area (TPSA) is 73.0 Å². The van der Waals surface area contributed by atoms with Gasteiger partial charge in [-0.1, -0.05) is 0 Å². The quantitative estimate of drug-likeness (QED) is 0.766. The van der Waals surface area contributed by atoms with Crippen molar-refractivity contribution in [2.75, 3.05) is 33.7 Å². The van der Waals surface area contributed by atoms with E-state index in [4.69, 9.17) is 0 Å². The van der Waals surface area contributed by atoms with Gasteiger partial charge in [0.25, 0.3) is 10.2 Å². The molecule has 122 valence electrons. The summed E-state index contributed by atoms with van der Waals surface area (Å²) in [4.78, 5) is 14.1. The Kier molecular flexibility index (Phi) is 4.79. The molecule has 0 aromatic carbocycles. The van der Waals surface area contributed by atoms with Crippen molar-refractivity contribution < 1.29 is 13.2 Å². The molecular weight excluding hydrogens is 292 g/mol. The van der Waals surface area contributed by atoms with Gasteiger partial charge in [-0.25, -0.2) is 4.79 Å². The Morgan fingerprint density at radius 3 is 2.29 bits per heavy atom. The van der Waals surface area contributed by atoms with Crippen LogP contribution in [0, 0.1) is 5.92 Å². The van der Waals surface area contributed by atoms with E-state index in [1.165, 1.54) is 35.5 Å². The van der Waals surface area contributed by atoms with E-state index < -0.39 is 10.2 Å². The van der Waals surface area contributed by atoms with Crippen molar-refractivity contribution in [1.82, 2.24) is 18.8 Å². The summed E-state index contributed by atoms with van der Waals surface area (Å²) in [5, 5.41) is 2.93. The summed E-state index contributed by atoms with van der Waals surface area (Å²) in [5.74, 6) is 0.644. The zero-order valence-corrected chi connectivity index (χ0v) is 14.1. The molecule has 0 unspecified atom stereocenters. The van der Waals surface area contributed by atoms with Gasteiger partial charge in [0.2, 0.25) is 0 Å². The van der Waals surface area contributed by atoms with E-state index in [0.717, 1.165) is 6.54 Å². The van der Waals surface area contributed by atoms with Gasteiger partial charge in [0.1, 0.15) is 0 Å². The van der Waals surface area contributed by atoms with E-state index in [1.807, 2.05) is 18.7 Å². The van der Waals surface area contributed by atoms with E-state index in [-0.39, 0.29) is 18.1 Å². The fraction of sp³-hybridized carbons (Fsp3) is 0.923. The Hall–Kier alpha value is -0.860. The first-order valence-corrected chi connectivity index (χ1v) is 8.86. The summed E-state index contributed by atoms with van der Waals surface area (Å²) in [6, 6.07) is -0.0104. The number of rotatable bonds is 6. The number of nitrogens with zero attached hydrogens (tertiary/aromatic N) is 3. The molecule has 2 rings (SSSR count). The number of carbonyl (C=O) groups is 1. The summed E-state index contributed by atoms with van der Waals surface area (Å²) >= 11 is 0. The maximum absolute atomic E-state index is 12.3. The first kappa shape index (κ1) is 16.5. The monoisotopic (exact) mass is 318 g/mol. The van der Waals surface area contributed by atoms with E-state index in [2.05, 4.69) is 5.32 Å². The normalized spacial score (nSPS) is 20.7. The fourth-order valence-electron chi connectivity index (χ4n) is 2.31. The van der Waals surface area contributed by atoms with Gasteiger partial charge in [0, 0.05) is 39.8 Å². The van der Waals surface area contributed by atoms with E-state index in [0.29, 0.717) is 19.0 Å². The van der Waals surface area contributed by atoms with Crippen LogP contribution in [0.1, 0.15) is 26.7 Å². The first-order valence-electron chi connectivity index (χ1n) is 7.46. The third kappa shape index (κ3) is 3.87. The van der Waals surface area contributed by atoms with Crippen LogP contribution in [0.4, 0.5) is 4.79 Å². The van der Waals surface area contributed by atoms with Crippen LogP contribution in [0.5, 0.6) is 0 Å². The summed E-state index contributed by atoms with van der Waals surface area (Å²) in [6.45, 7) is 5.51. The molecule has 0 bridgehead atoms. The van der Waals surface area contributed by atoms with Gasteiger partial charge in [0.05, 0.1) is 6.04 Å². The highest BCUT2D eigenvalue weighted by molar-refractivity contribution is 7.86. The molecule has 7 nitrogen and oxygen atoms in total. The predicted molar refractivity (Wildman–Crippen MR) is 81.1 cm³/mol. The summed E-state index contributed by atoms with van der Waals surface area (Å²) in [7, 11) is -0.330. The lowest BCUT2D eigenvalue weighted by Crippen LogP contribution is -2.64. The molecule has 8 heteroatoms. The minimum atomic E-state index is -3.35. The number of urea groups is 1. The number of hydrogen-bond acceptors (Lipinski definition) is 3. The lowest BCUT2D eigenvalue weighted by molar-refractivity contribution is 0.157. The molecule has 1 saturated heterocycles. The van der Waals surface area contributed by atoms with E-state index >= 15 is 0 Å². The molecule has 2 amide bonds. The molecule has 2 fully saturated rings. The largest absolute Gasteiger partial charge is 0.333 e. The molecule has 21 heavy (non-hydrogen) atoms. The molecule has 1 saturated carbocycles. The van der Waals surface area contributed by atoms with Crippen molar-refractivity contribution in [3.63, 3.8) is 0 Å². The Morgan fingerprint density at radius 1 is 1.29 bits per heavy atom. The average Bonchev–Trinajstić information content (AvgIpc) is 3.12. The van der Waals surface area contributed by atoms with E-state index in [1.54, 1.807) is 0 Å². The lowest BCUT2D eigenvalue weighted by Gasteiger charge is -2.40. The Morgan fingerprint density at radius 2 is 1.86 bits per heavy atom. The molecule has 1 aliphatic heterocycles. The minimum Gasteiger partial charge on any atom is -0.333 e. The molecule has 1 N–H and O–H groups in total. The minimum absolute atomic E-state index is 0.0798. The van der Waals surface area contributed by atoms with Crippen LogP contribution < -0.4 is 5.32 Å². The average molecular weight is 318 g/mol. The van der Waals surface area contributed by atoms with Crippen LogP contribution in [-0.2, 0) is 10.2 Å². The van der Waals surface area contributed by atoms with Crippen molar-refractivity contribution in [2.45, 2.75) is 38.8 Å². The fourth-order valence-corrected chi connectivity index (χ4v) is 3.51. The lowest BCUT2D eigenvalue weighted by atomic mass is 10.2. The highest BCUT2D eigenvalue weighted by Gasteiger charge is 2.38. The molecule has 1 aliphatic carbocycles. The molecule has 2 aliphatic rings. The summed E-state index contributed by atoms with van der Waals surface area (Å²) in [5.41, 5.74) is 0. The second kappa shape index (κ2) is 6.10. The van der Waals surface area contributed by atoms with Crippen LogP contribution in [0.15, 0.2) is 0 Å². The van der Waals surface area contributed by atoms with Gasteiger partial charge >= 0.3 is 6.03 Å². The van der Waals surface area contributed by atoms with Crippen molar-refractivity contribution in [3.05, 3.63) is 0 Å². The number of nitrogens with one attached hydrogen (secondary N) is 1. The maximum atomic E-state index is 12.3. The number of carbonyl (C=O) groups excluding carboxylic acids is 1. The number of amides is 2. The van der Waals surface area contributed by atoms with Gasteiger partial charge in [0.15, 0.2) is 0 Å². The molecule has 0 radical (unpaired) electrons. The molecular formula is C13H26N4O3S. The van der Waals surface area contributed by atoms with Gasteiger partial charge in [-0.15, -0.1) is 0 Å². The molecule has 0 atom stereocenters. The Balaban J connectivity index is 1.82. The van der Waals surface area contributed by atoms with Crippen LogP contribution in [0.3, 0.4) is 0 Å². The van der Waals surface area contributed by atoms with Crippen molar-refractivity contribution in [2.24, 2.45) is 5.92 Å². The van der Waals surface area contributed by atoms with Crippen molar-refractivity contribution >= 4 is 16.2 Å². The van der Waals surface area contributed by atoms with Crippen LogP contribution in [0.25, 0.3) is 0 Å². The second-order valence-electron chi connectivity index (χ2n) is 6.44. The first-order chi connectivity index (χ1) is 9.71. The zero-order chi connectivity index (χ0) is 15.8. The van der Waals surface area contributed by atoms with Crippen molar-refractivity contribution in [1.29, 1.82) is 0 Å². The smallest absolute Gasteiger partial charge is 0.317 e. The van der Waals surface area contributed by atoms with Crippen LogP contribution in [-0.4, -0.2) is 73.8 Å². The van der Waals surface area contributed by atoms with Crippen LogP contribution >= 0.6 is 0 Å². The summed E-state index contributed by atoms with van der Waals surface area (Å²) < 4.78 is 26.3. The standard InChI is InChI=1S/C13H26N4O3S/c1-10(2)17(7-11-5-6-11)13(18)14-12-8-16(9-12)21(19,20)15(3)4/h10-12H,5-9H2,1-4H3,(H,14,18). The predicted octanol–water partition coefficient (Wildman–Crippen LogP) is 0.307. The maximum Gasteiger partial charge on any atom is 0.317 e. The molecule has 0 spiro atoms. The molecule has 0 aromatic rings. The zero-order valence-electron chi connectivity index (χ0n) is 13.2. The second-order valence-corrected chi connectivity index (χ2v) is 8.59. The van der Waals surface area contributed by atoms with Crippen molar-refractivity contribution in [3.8, 4) is 0 Å². The van der Waals surface area contributed by atoms with Gasteiger partial charge in [-0.2, -0.15) is 17.0 Å². The third-order valence-electron chi connectivity index (χ3n) is 4.00. The van der Waals surface area contributed by atoms with Gasteiger partial charge < -0.3 is 10.2 Å². The molecule has 1 heterocycles. The Bertz CT molecular complexity index is 482. The summed E-state index contributed by atoms with van der Waals surface area (Å²) in [6.07, 6.45) is 2.41. The van der Waals surface area contributed by atoms with Gasteiger partial charge in [-0.3, -0.25) is 0 Å². The highest BCUT2D eigenvalue weighted by atomic mass is 32.2. The molecule has 0 aromatic heterocycles.